The molecule has 0 saturated carbocycles. The Morgan fingerprint density at radius 1 is 1.18 bits per heavy atom. The molecular weight excluding hydrogens is 360 g/mol. The first-order chi connectivity index (χ1) is 13.6. The van der Waals surface area contributed by atoms with E-state index in [1.165, 1.54) is 11.6 Å². The molecule has 2 aromatic carbocycles. The predicted molar refractivity (Wildman–Crippen MR) is 104 cm³/mol. The SMILES string of the molecule is O=C(/C=C/c1ccc2[nH]c(CCNC(=O)COc3ccccc3)nc2c1)NO. The van der Waals surface area contributed by atoms with E-state index in [0.717, 1.165) is 22.4 Å². The fourth-order valence-corrected chi connectivity index (χ4v) is 2.54. The number of benzene rings is 2. The molecule has 0 radical (unpaired) electrons. The number of carbonyl (C=O) groups excluding carboxylic acids is 2. The van der Waals surface area contributed by atoms with E-state index in [-0.39, 0.29) is 12.5 Å². The van der Waals surface area contributed by atoms with Crippen molar-refractivity contribution >= 4 is 28.9 Å². The fourth-order valence-electron chi connectivity index (χ4n) is 2.54. The van der Waals surface area contributed by atoms with Crippen molar-refractivity contribution in [1.29, 1.82) is 0 Å². The van der Waals surface area contributed by atoms with Crippen molar-refractivity contribution in [2.45, 2.75) is 6.42 Å². The maximum absolute atomic E-state index is 11.9. The Bertz CT molecular complexity index is 982. The van der Waals surface area contributed by atoms with Gasteiger partial charge in [-0.2, -0.15) is 0 Å². The minimum Gasteiger partial charge on any atom is -0.484 e. The van der Waals surface area contributed by atoms with Crippen LogP contribution in [-0.2, 0) is 16.0 Å². The summed E-state index contributed by atoms with van der Waals surface area (Å²) < 4.78 is 5.39. The number of carbonyl (C=O) groups is 2. The molecule has 0 saturated heterocycles. The van der Waals surface area contributed by atoms with Crippen molar-refractivity contribution in [3.63, 3.8) is 0 Å². The maximum Gasteiger partial charge on any atom is 0.267 e. The quantitative estimate of drug-likeness (QED) is 0.270. The van der Waals surface area contributed by atoms with Crippen molar-refractivity contribution in [2.24, 2.45) is 0 Å². The minimum absolute atomic E-state index is 0.0404. The number of para-hydroxylation sites is 1. The van der Waals surface area contributed by atoms with Gasteiger partial charge in [0.15, 0.2) is 6.61 Å². The molecule has 144 valence electrons. The second-order valence-corrected chi connectivity index (χ2v) is 5.97. The summed E-state index contributed by atoms with van der Waals surface area (Å²) in [5.74, 6) is 0.592. The van der Waals surface area contributed by atoms with Gasteiger partial charge in [0.25, 0.3) is 11.8 Å². The van der Waals surface area contributed by atoms with Gasteiger partial charge >= 0.3 is 0 Å². The normalized spacial score (nSPS) is 10.9. The molecular formula is C20H20N4O4. The average molecular weight is 380 g/mol. The number of ether oxygens (including phenoxy) is 1. The van der Waals surface area contributed by atoms with Crippen molar-refractivity contribution in [3.05, 3.63) is 66.0 Å². The largest absolute Gasteiger partial charge is 0.484 e. The van der Waals surface area contributed by atoms with E-state index in [9.17, 15) is 9.59 Å². The zero-order valence-electron chi connectivity index (χ0n) is 15.0. The summed E-state index contributed by atoms with van der Waals surface area (Å²) in [5.41, 5.74) is 3.92. The number of H-pyrrole nitrogens is 1. The minimum atomic E-state index is -0.602. The van der Waals surface area contributed by atoms with Crippen LogP contribution in [0.4, 0.5) is 0 Å². The smallest absolute Gasteiger partial charge is 0.267 e. The maximum atomic E-state index is 11.9. The molecule has 4 N–H and O–H groups in total. The van der Waals surface area contributed by atoms with Crippen LogP contribution in [0.5, 0.6) is 5.75 Å². The van der Waals surface area contributed by atoms with E-state index < -0.39 is 5.91 Å². The van der Waals surface area contributed by atoms with Gasteiger partial charge in [-0.1, -0.05) is 24.3 Å². The molecule has 3 aromatic rings. The lowest BCUT2D eigenvalue weighted by molar-refractivity contribution is -0.124. The molecule has 2 amide bonds. The van der Waals surface area contributed by atoms with Gasteiger partial charge in [0.2, 0.25) is 0 Å². The topological polar surface area (TPSA) is 116 Å². The molecule has 0 spiro atoms. The van der Waals surface area contributed by atoms with Crippen LogP contribution in [0.1, 0.15) is 11.4 Å². The molecule has 1 aromatic heterocycles. The molecule has 3 rings (SSSR count). The Kier molecular flexibility index (Phi) is 6.37. The summed E-state index contributed by atoms with van der Waals surface area (Å²) >= 11 is 0. The van der Waals surface area contributed by atoms with Crippen LogP contribution in [0.25, 0.3) is 17.1 Å². The van der Waals surface area contributed by atoms with Gasteiger partial charge in [0, 0.05) is 19.0 Å². The number of hydroxylamine groups is 1. The second-order valence-electron chi connectivity index (χ2n) is 5.97. The fraction of sp³-hybridized carbons (Fsp3) is 0.150. The lowest BCUT2D eigenvalue weighted by Crippen LogP contribution is -2.30. The number of aromatic amines is 1. The molecule has 28 heavy (non-hydrogen) atoms. The summed E-state index contributed by atoms with van der Waals surface area (Å²) in [6, 6.07) is 14.7. The van der Waals surface area contributed by atoms with E-state index in [1.54, 1.807) is 18.2 Å². The van der Waals surface area contributed by atoms with Crippen LogP contribution in [0.2, 0.25) is 0 Å². The van der Waals surface area contributed by atoms with E-state index in [1.807, 2.05) is 36.4 Å². The highest BCUT2D eigenvalue weighted by Crippen LogP contribution is 2.15. The lowest BCUT2D eigenvalue weighted by atomic mass is 10.2. The van der Waals surface area contributed by atoms with Gasteiger partial charge in [-0.25, -0.2) is 10.5 Å². The molecule has 0 bridgehead atoms. The number of nitrogens with zero attached hydrogens (tertiary/aromatic N) is 1. The van der Waals surface area contributed by atoms with E-state index in [0.29, 0.717) is 18.7 Å². The number of nitrogens with one attached hydrogen (secondary N) is 3. The number of aromatic nitrogens is 2. The van der Waals surface area contributed by atoms with Gasteiger partial charge in [-0.3, -0.25) is 14.8 Å². The zero-order valence-corrected chi connectivity index (χ0v) is 15.0. The van der Waals surface area contributed by atoms with Crippen LogP contribution in [0.15, 0.2) is 54.6 Å². The van der Waals surface area contributed by atoms with Gasteiger partial charge < -0.3 is 15.0 Å². The van der Waals surface area contributed by atoms with Crippen LogP contribution >= 0.6 is 0 Å². The molecule has 8 nitrogen and oxygen atoms in total. The van der Waals surface area contributed by atoms with Crippen LogP contribution < -0.4 is 15.5 Å². The molecule has 0 aliphatic carbocycles. The first kappa shape index (κ1) is 19.1. The monoisotopic (exact) mass is 380 g/mol. The number of imidazole rings is 1. The van der Waals surface area contributed by atoms with E-state index >= 15 is 0 Å². The number of amides is 2. The first-order valence-electron chi connectivity index (χ1n) is 8.69. The highest BCUT2D eigenvalue weighted by Gasteiger charge is 2.06. The van der Waals surface area contributed by atoms with Crippen molar-refractivity contribution in [2.75, 3.05) is 13.2 Å². The highest BCUT2D eigenvalue weighted by molar-refractivity contribution is 5.91. The summed E-state index contributed by atoms with van der Waals surface area (Å²) in [4.78, 5) is 30.6. The second kappa shape index (κ2) is 9.33. The third kappa shape index (κ3) is 5.42. The molecule has 0 aliphatic heterocycles. The number of fused-ring (bicyclic) bond motifs is 1. The average Bonchev–Trinajstić information content (AvgIpc) is 3.13. The standard InChI is InChI=1S/C20H20N4O4/c25-19(24-27)9-7-14-6-8-16-17(12-14)23-18(22-16)10-11-21-20(26)13-28-15-4-2-1-3-5-15/h1-9,12,27H,10-11,13H2,(H,21,26)(H,22,23)(H,24,25)/b9-7+. The molecule has 0 aliphatic rings. The molecule has 0 atom stereocenters. The van der Waals surface area contributed by atoms with Crippen molar-refractivity contribution < 1.29 is 19.5 Å². The summed E-state index contributed by atoms with van der Waals surface area (Å²) in [6.45, 7) is 0.390. The number of hydrogen-bond donors (Lipinski definition) is 4. The Balaban J connectivity index is 1.49. The molecule has 0 unspecified atom stereocenters. The van der Waals surface area contributed by atoms with Crippen LogP contribution in [0.3, 0.4) is 0 Å². The van der Waals surface area contributed by atoms with Crippen LogP contribution in [-0.4, -0.2) is 40.1 Å². The number of hydrogen-bond acceptors (Lipinski definition) is 5. The lowest BCUT2D eigenvalue weighted by Gasteiger charge is -2.06. The van der Waals surface area contributed by atoms with Crippen LogP contribution in [0, 0.1) is 0 Å². The summed E-state index contributed by atoms with van der Waals surface area (Å²) in [6.07, 6.45) is 3.35. The van der Waals surface area contributed by atoms with E-state index in [2.05, 4.69) is 15.3 Å². The molecule has 0 fully saturated rings. The third-order valence-corrected chi connectivity index (χ3v) is 3.89. The first-order valence-corrected chi connectivity index (χ1v) is 8.69. The third-order valence-electron chi connectivity index (χ3n) is 3.89. The van der Waals surface area contributed by atoms with Crippen molar-refractivity contribution in [1.82, 2.24) is 20.8 Å². The Labute approximate surface area is 161 Å². The van der Waals surface area contributed by atoms with E-state index in [4.69, 9.17) is 9.94 Å². The zero-order chi connectivity index (χ0) is 19.8. The van der Waals surface area contributed by atoms with Gasteiger partial charge in [0.1, 0.15) is 11.6 Å². The Morgan fingerprint density at radius 2 is 2.00 bits per heavy atom. The molecule has 8 heteroatoms. The predicted octanol–water partition coefficient (Wildman–Crippen LogP) is 1.82. The number of rotatable bonds is 8. The summed E-state index contributed by atoms with van der Waals surface area (Å²) in [7, 11) is 0. The van der Waals surface area contributed by atoms with Crippen molar-refractivity contribution in [3.8, 4) is 5.75 Å². The van der Waals surface area contributed by atoms with Gasteiger partial charge in [0.05, 0.1) is 11.0 Å². The van der Waals surface area contributed by atoms with Gasteiger partial charge in [-0.15, -0.1) is 0 Å². The summed E-state index contributed by atoms with van der Waals surface area (Å²) in [5, 5.41) is 11.3. The highest BCUT2D eigenvalue weighted by atomic mass is 16.5. The Hall–Kier alpha value is -3.65. The van der Waals surface area contributed by atoms with Gasteiger partial charge in [-0.05, 0) is 35.9 Å². The molecule has 1 heterocycles. The Morgan fingerprint density at radius 3 is 2.79 bits per heavy atom.